The number of rotatable bonds is 3. The molecule has 0 aromatic carbocycles. The summed E-state index contributed by atoms with van der Waals surface area (Å²) >= 11 is 0. The Balaban J connectivity index is 1.51. The van der Waals surface area contributed by atoms with Crippen LogP contribution in [0.5, 0.6) is 0 Å². The molecule has 3 saturated heterocycles. The van der Waals surface area contributed by atoms with Gasteiger partial charge in [-0.3, -0.25) is 19.6 Å². The first-order chi connectivity index (χ1) is 12.0. The normalized spacial score (nSPS) is 30.6. The molecule has 3 fully saturated rings. The molecular formula is C17H24N4O4. The number of likely N-dealkylation sites (tertiary alicyclic amines) is 2. The first-order valence-electron chi connectivity index (χ1n) is 8.86. The number of fused-ring (bicyclic) bond motifs is 1. The molecule has 0 aliphatic carbocycles. The lowest BCUT2D eigenvalue weighted by atomic mass is 9.81. The lowest BCUT2D eigenvalue weighted by Crippen LogP contribution is -2.45. The minimum Gasteiger partial charge on any atom is -0.481 e. The number of carbonyl (C=O) groups is 2. The number of nitrogens with one attached hydrogen (secondary N) is 1. The summed E-state index contributed by atoms with van der Waals surface area (Å²) in [7, 11) is 0. The summed E-state index contributed by atoms with van der Waals surface area (Å²) in [5.41, 5.74) is 0.319. The molecule has 2 N–H and O–H groups in total. The highest BCUT2D eigenvalue weighted by Crippen LogP contribution is 2.44. The average molecular weight is 348 g/mol. The second-order valence-electron chi connectivity index (χ2n) is 7.55. The zero-order valence-corrected chi connectivity index (χ0v) is 14.4. The predicted molar refractivity (Wildman–Crippen MR) is 88.2 cm³/mol. The van der Waals surface area contributed by atoms with Crippen LogP contribution in [0.2, 0.25) is 0 Å². The van der Waals surface area contributed by atoms with E-state index in [4.69, 9.17) is 4.74 Å². The minimum atomic E-state index is -0.862. The van der Waals surface area contributed by atoms with Gasteiger partial charge in [-0.15, -0.1) is 0 Å². The van der Waals surface area contributed by atoms with Crippen molar-refractivity contribution < 1.29 is 19.4 Å². The van der Waals surface area contributed by atoms with Crippen LogP contribution in [-0.4, -0.2) is 82.4 Å². The van der Waals surface area contributed by atoms with E-state index in [1.165, 1.54) is 0 Å². The number of hydrogen-bond acceptors (Lipinski definition) is 5. The summed E-state index contributed by atoms with van der Waals surface area (Å²) in [6, 6.07) is 2.10. The van der Waals surface area contributed by atoms with Crippen molar-refractivity contribution in [2.75, 3.05) is 39.4 Å². The molecule has 2 atom stereocenters. The molecule has 0 spiro atoms. The third-order valence-electron chi connectivity index (χ3n) is 5.98. The lowest BCUT2D eigenvalue weighted by molar-refractivity contribution is -0.148. The van der Waals surface area contributed by atoms with Gasteiger partial charge in [-0.05, 0) is 25.8 Å². The third-order valence-corrected chi connectivity index (χ3v) is 5.98. The maximum Gasteiger partial charge on any atom is 0.313 e. The third kappa shape index (κ3) is 2.73. The van der Waals surface area contributed by atoms with Crippen molar-refractivity contribution in [2.45, 2.75) is 25.8 Å². The Kier molecular flexibility index (Phi) is 4.04. The van der Waals surface area contributed by atoms with Crippen molar-refractivity contribution in [3.05, 3.63) is 17.5 Å². The molecule has 8 nitrogen and oxygen atoms in total. The number of ether oxygens (including phenoxy) is 1. The van der Waals surface area contributed by atoms with Crippen molar-refractivity contribution in [3.63, 3.8) is 0 Å². The first-order valence-corrected chi connectivity index (χ1v) is 8.86. The maximum atomic E-state index is 12.7. The number of aromatic nitrogens is 2. The van der Waals surface area contributed by atoms with Gasteiger partial charge in [-0.25, -0.2) is 0 Å². The molecule has 8 heteroatoms. The van der Waals surface area contributed by atoms with Gasteiger partial charge < -0.3 is 14.7 Å². The summed E-state index contributed by atoms with van der Waals surface area (Å²) in [4.78, 5) is 28.8. The summed E-state index contributed by atoms with van der Waals surface area (Å²) < 4.78 is 5.42. The quantitative estimate of drug-likeness (QED) is 0.818. The molecule has 0 radical (unpaired) electrons. The standard InChI is InChI=1S/C17H24N4O4/c1-11-6-14(19-18-11)15(22)21-8-12-7-20(13-2-4-25-5-3-13)9-17(12,10-21)16(23)24/h6,12-13H,2-5,7-10H2,1H3,(H,18,19)(H,23,24)/t12-,17-/m0/s1. The molecule has 136 valence electrons. The number of H-pyrrole nitrogens is 1. The van der Waals surface area contributed by atoms with Crippen LogP contribution < -0.4 is 0 Å². The molecule has 1 aromatic rings. The maximum absolute atomic E-state index is 12.7. The molecule has 0 unspecified atom stereocenters. The molecule has 4 heterocycles. The molecule has 0 saturated carbocycles. The number of aromatic amines is 1. The van der Waals surface area contributed by atoms with Gasteiger partial charge in [0.05, 0.1) is 0 Å². The molecule has 25 heavy (non-hydrogen) atoms. The second-order valence-corrected chi connectivity index (χ2v) is 7.55. The number of nitrogens with zero attached hydrogens (tertiary/aromatic N) is 3. The molecular weight excluding hydrogens is 324 g/mol. The van der Waals surface area contributed by atoms with Crippen LogP contribution in [-0.2, 0) is 9.53 Å². The highest BCUT2D eigenvalue weighted by molar-refractivity contribution is 5.93. The van der Waals surface area contributed by atoms with Crippen LogP contribution in [0, 0.1) is 18.3 Å². The number of carboxylic acid groups (broad SMARTS) is 1. The molecule has 3 aliphatic heterocycles. The van der Waals surface area contributed by atoms with Gasteiger partial charge in [0, 0.05) is 57.0 Å². The molecule has 1 aromatic heterocycles. The minimum absolute atomic E-state index is 0.0307. The summed E-state index contributed by atoms with van der Waals surface area (Å²) in [6.45, 7) is 5.33. The monoisotopic (exact) mass is 348 g/mol. The van der Waals surface area contributed by atoms with Gasteiger partial charge in [0.1, 0.15) is 11.1 Å². The topological polar surface area (TPSA) is 98.8 Å². The lowest BCUT2D eigenvalue weighted by Gasteiger charge is -2.33. The summed E-state index contributed by atoms with van der Waals surface area (Å²) in [6.07, 6.45) is 1.91. The van der Waals surface area contributed by atoms with Crippen molar-refractivity contribution in [3.8, 4) is 0 Å². The smallest absolute Gasteiger partial charge is 0.313 e. The number of carboxylic acids is 1. The molecule has 1 amide bonds. The van der Waals surface area contributed by atoms with Crippen molar-refractivity contribution in [2.24, 2.45) is 11.3 Å². The highest BCUT2D eigenvalue weighted by Gasteiger charge is 2.59. The summed E-state index contributed by atoms with van der Waals surface area (Å²) in [5, 5.41) is 16.7. The van der Waals surface area contributed by atoms with Gasteiger partial charge >= 0.3 is 5.97 Å². The van der Waals surface area contributed by atoms with Crippen LogP contribution in [0.15, 0.2) is 6.07 Å². The Labute approximate surface area is 146 Å². The highest BCUT2D eigenvalue weighted by atomic mass is 16.5. The van der Waals surface area contributed by atoms with E-state index in [9.17, 15) is 14.7 Å². The zero-order valence-electron chi connectivity index (χ0n) is 14.4. The van der Waals surface area contributed by atoms with Crippen LogP contribution in [0.25, 0.3) is 0 Å². The van der Waals surface area contributed by atoms with Crippen molar-refractivity contribution in [1.29, 1.82) is 0 Å². The first kappa shape index (κ1) is 16.5. The second kappa shape index (κ2) is 6.10. The zero-order chi connectivity index (χ0) is 17.6. The van der Waals surface area contributed by atoms with Gasteiger partial charge in [0.25, 0.3) is 5.91 Å². The molecule has 3 aliphatic rings. The Hall–Kier alpha value is -1.93. The van der Waals surface area contributed by atoms with E-state index in [1.807, 2.05) is 6.92 Å². The van der Waals surface area contributed by atoms with E-state index < -0.39 is 11.4 Å². The van der Waals surface area contributed by atoms with E-state index in [0.717, 1.165) is 38.3 Å². The Morgan fingerprint density at radius 3 is 2.68 bits per heavy atom. The van der Waals surface area contributed by atoms with Crippen LogP contribution in [0.4, 0.5) is 0 Å². The van der Waals surface area contributed by atoms with E-state index in [0.29, 0.717) is 24.8 Å². The largest absolute Gasteiger partial charge is 0.481 e. The molecule has 4 rings (SSSR count). The number of carbonyl (C=O) groups excluding carboxylic acids is 1. The average Bonchev–Trinajstić information content (AvgIpc) is 3.27. The van der Waals surface area contributed by atoms with Crippen molar-refractivity contribution >= 4 is 11.9 Å². The Morgan fingerprint density at radius 1 is 1.32 bits per heavy atom. The fraction of sp³-hybridized carbons (Fsp3) is 0.706. The van der Waals surface area contributed by atoms with Crippen molar-refractivity contribution in [1.82, 2.24) is 20.0 Å². The van der Waals surface area contributed by atoms with Crippen LogP contribution in [0.1, 0.15) is 29.0 Å². The van der Waals surface area contributed by atoms with E-state index in [-0.39, 0.29) is 18.4 Å². The van der Waals surface area contributed by atoms with Gasteiger partial charge in [0.2, 0.25) is 0 Å². The predicted octanol–water partition coefficient (Wildman–Crippen LogP) is 0.356. The van der Waals surface area contributed by atoms with Gasteiger partial charge in [-0.1, -0.05) is 0 Å². The number of aryl methyl sites for hydroxylation is 1. The fourth-order valence-corrected chi connectivity index (χ4v) is 4.58. The fourth-order valence-electron chi connectivity index (χ4n) is 4.58. The molecule has 0 bridgehead atoms. The Morgan fingerprint density at radius 2 is 2.08 bits per heavy atom. The Bertz CT molecular complexity index is 684. The number of hydrogen-bond donors (Lipinski definition) is 2. The van der Waals surface area contributed by atoms with E-state index in [2.05, 4.69) is 15.1 Å². The number of aliphatic carboxylic acids is 1. The van der Waals surface area contributed by atoms with E-state index >= 15 is 0 Å². The summed E-state index contributed by atoms with van der Waals surface area (Å²) in [5.74, 6) is -1.01. The van der Waals surface area contributed by atoms with Gasteiger partial charge in [0.15, 0.2) is 0 Å². The van der Waals surface area contributed by atoms with Crippen LogP contribution >= 0.6 is 0 Å². The van der Waals surface area contributed by atoms with Crippen LogP contribution in [0.3, 0.4) is 0 Å². The van der Waals surface area contributed by atoms with Gasteiger partial charge in [-0.2, -0.15) is 5.10 Å². The van der Waals surface area contributed by atoms with E-state index in [1.54, 1.807) is 11.0 Å². The number of amides is 1. The SMILES string of the molecule is Cc1cc(C(=O)N2C[C@@H]3CN(C4CCOCC4)C[C@]3(C(=O)O)C2)n[nH]1.